The summed E-state index contributed by atoms with van der Waals surface area (Å²) in [7, 11) is 3.25. The Bertz CT molecular complexity index is 1210. The number of fused-ring (bicyclic) bond motifs is 2. The molecule has 0 amide bonds. The summed E-state index contributed by atoms with van der Waals surface area (Å²) < 4.78 is 17.1. The quantitative estimate of drug-likeness (QED) is 0.502. The average molecular weight is 402 g/mol. The Morgan fingerprint density at radius 2 is 1.73 bits per heavy atom. The number of hydrogen-bond acceptors (Lipinski definition) is 7. The van der Waals surface area contributed by atoms with E-state index in [0.717, 1.165) is 47.0 Å². The largest absolute Gasteiger partial charge is 0.493 e. The van der Waals surface area contributed by atoms with E-state index in [1.165, 1.54) is 0 Å². The van der Waals surface area contributed by atoms with Gasteiger partial charge in [-0.25, -0.2) is 15.0 Å². The highest BCUT2D eigenvalue weighted by Crippen LogP contribution is 2.35. The van der Waals surface area contributed by atoms with Gasteiger partial charge in [0.05, 0.1) is 26.3 Å². The molecular formula is C23H22N4O3. The fraction of sp³-hybridized carbons (Fsp3) is 0.261. The van der Waals surface area contributed by atoms with Crippen LogP contribution in [-0.4, -0.2) is 48.4 Å². The van der Waals surface area contributed by atoms with Crippen molar-refractivity contribution in [2.75, 3.05) is 32.2 Å². The van der Waals surface area contributed by atoms with Gasteiger partial charge in [0.15, 0.2) is 11.5 Å². The zero-order chi connectivity index (χ0) is 20.5. The second kappa shape index (κ2) is 7.67. The van der Waals surface area contributed by atoms with E-state index in [2.05, 4.69) is 25.9 Å². The zero-order valence-corrected chi connectivity index (χ0v) is 16.9. The Morgan fingerprint density at radius 3 is 2.57 bits per heavy atom. The average Bonchev–Trinajstić information content (AvgIpc) is 3.25. The Hall–Kier alpha value is -3.61. The molecule has 0 spiro atoms. The van der Waals surface area contributed by atoms with Crippen molar-refractivity contribution >= 4 is 27.5 Å². The van der Waals surface area contributed by atoms with Crippen LogP contribution in [-0.2, 0) is 0 Å². The molecule has 30 heavy (non-hydrogen) atoms. The van der Waals surface area contributed by atoms with Gasteiger partial charge in [-0.3, -0.25) is 0 Å². The molecular weight excluding hydrogens is 380 g/mol. The summed E-state index contributed by atoms with van der Waals surface area (Å²) in [6.07, 6.45) is 4.38. The van der Waals surface area contributed by atoms with Crippen LogP contribution in [0.5, 0.6) is 17.4 Å². The van der Waals surface area contributed by atoms with Gasteiger partial charge >= 0.3 is 0 Å². The van der Waals surface area contributed by atoms with Gasteiger partial charge in [-0.05, 0) is 11.5 Å². The Balaban J connectivity index is 1.39. The Kier molecular flexibility index (Phi) is 4.71. The highest BCUT2D eigenvalue weighted by Gasteiger charge is 2.27. The minimum Gasteiger partial charge on any atom is -0.493 e. The molecule has 1 unspecified atom stereocenters. The van der Waals surface area contributed by atoms with E-state index in [0.29, 0.717) is 17.4 Å². The van der Waals surface area contributed by atoms with Crippen LogP contribution in [0.1, 0.15) is 6.42 Å². The molecule has 0 bridgehead atoms. The summed E-state index contributed by atoms with van der Waals surface area (Å²) in [5, 5.41) is 3.16. The first-order valence-electron chi connectivity index (χ1n) is 9.88. The summed E-state index contributed by atoms with van der Waals surface area (Å²) in [5.74, 6) is 2.84. The minimum absolute atomic E-state index is 0.0452. The molecule has 0 N–H and O–H groups in total. The number of hydrogen-bond donors (Lipinski definition) is 0. The molecule has 1 saturated heterocycles. The third-order valence-electron chi connectivity index (χ3n) is 5.46. The van der Waals surface area contributed by atoms with Crippen molar-refractivity contribution in [3.63, 3.8) is 0 Å². The van der Waals surface area contributed by atoms with Gasteiger partial charge in [0.2, 0.25) is 5.88 Å². The molecule has 4 aromatic rings. The number of nitrogens with zero attached hydrogens (tertiary/aromatic N) is 4. The van der Waals surface area contributed by atoms with E-state index in [1.807, 2.05) is 42.6 Å². The first-order valence-corrected chi connectivity index (χ1v) is 9.88. The van der Waals surface area contributed by atoms with E-state index in [1.54, 1.807) is 20.5 Å². The molecule has 0 radical (unpaired) electrons. The lowest BCUT2D eigenvalue weighted by molar-refractivity contribution is 0.216. The van der Waals surface area contributed by atoms with Gasteiger partial charge in [0.1, 0.15) is 18.2 Å². The van der Waals surface area contributed by atoms with E-state index < -0.39 is 0 Å². The monoisotopic (exact) mass is 402 g/mol. The smallest absolute Gasteiger partial charge is 0.214 e. The fourth-order valence-electron chi connectivity index (χ4n) is 3.94. The standard InChI is InChI=1S/C23H22N4O3/c1-28-20-10-18-19(11-21(20)29-2)25-14-26-23(18)27-8-7-17(13-27)30-22-9-15-5-3-4-6-16(15)12-24-22/h3-6,9-12,14,17H,7-8,13H2,1-2H3. The maximum Gasteiger partial charge on any atom is 0.214 e. The highest BCUT2D eigenvalue weighted by molar-refractivity contribution is 5.92. The number of benzene rings is 2. The van der Waals surface area contributed by atoms with Crippen molar-refractivity contribution in [2.45, 2.75) is 12.5 Å². The summed E-state index contributed by atoms with van der Waals surface area (Å²) in [5.41, 5.74) is 0.818. The molecule has 0 saturated carbocycles. The van der Waals surface area contributed by atoms with Crippen molar-refractivity contribution in [1.29, 1.82) is 0 Å². The number of rotatable bonds is 5. The number of ether oxygens (including phenoxy) is 3. The van der Waals surface area contributed by atoms with E-state index in [4.69, 9.17) is 14.2 Å². The lowest BCUT2D eigenvalue weighted by Crippen LogP contribution is -2.25. The maximum atomic E-state index is 6.19. The summed E-state index contributed by atoms with van der Waals surface area (Å²) in [6, 6.07) is 14.0. The van der Waals surface area contributed by atoms with Crippen LogP contribution in [0.4, 0.5) is 5.82 Å². The number of anilines is 1. The molecule has 2 aromatic heterocycles. The predicted octanol–water partition coefficient (Wildman–Crippen LogP) is 3.85. The van der Waals surface area contributed by atoms with E-state index >= 15 is 0 Å². The lowest BCUT2D eigenvalue weighted by atomic mass is 10.2. The first kappa shape index (κ1) is 18.4. The van der Waals surface area contributed by atoms with Gasteiger partial charge in [-0.2, -0.15) is 0 Å². The molecule has 0 aliphatic carbocycles. The van der Waals surface area contributed by atoms with E-state index in [-0.39, 0.29) is 6.10 Å². The summed E-state index contributed by atoms with van der Waals surface area (Å²) in [4.78, 5) is 15.6. The van der Waals surface area contributed by atoms with E-state index in [9.17, 15) is 0 Å². The maximum absolute atomic E-state index is 6.19. The van der Waals surface area contributed by atoms with Crippen molar-refractivity contribution in [3.8, 4) is 17.4 Å². The zero-order valence-electron chi connectivity index (χ0n) is 16.9. The third-order valence-corrected chi connectivity index (χ3v) is 5.46. The number of pyridine rings is 1. The van der Waals surface area contributed by atoms with Gasteiger partial charge in [0, 0.05) is 42.1 Å². The molecule has 2 aromatic carbocycles. The van der Waals surface area contributed by atoms with Crippen LogP contribution >= 0.6 is 0 Å². The first-order chi connectivity index (χ1) is 14.7. The number of methoxy groups -OCH3 is 2. The van der Waals surface area contributed by atoms with Gasteiger partial charge in [0.25, 0.3) is 0 Å². The van der Waals surface area contributed by atoms with Gasteiger partial charge in [-0.15, -0.1) is 0 Å². The van der Waals surface area contributed by atoms with Crippen LogP contribution < -0.4 is 19.1 Å². The van der Waals surface area contributed by atoms with Crippen LogP contribution in [0.2, 0.25) is 0 Å². The molecule has 1 aliphatic rings. The SMILES string of the molecule is COc1cc2ncnc(N3CCC(Oc4cc5ccccc5cn4)C3)c2cc1OC. The lowest BCUT2D eigenvalue weighted by Gasteiger charge is -2.20. The summed E-state index contributed by atoms with van der Waals surface area (Å²) >= 11 is 0. The van der Waals surface area contributed by atoms with Crippen molar-refractivity contribution < 1.29 is 14.2 Å². The molecule has 7 nitrogen and oxygen atoms in total. The Labute approximate surface area is 174 Å². The van der Waals surface area contributed by atoms with Crippen LogP contribution in [0.25, 0.3) is 21.7 Å². The number of aromatic nitrogens is 3. The Morgan fingerprint density at radius 1 is 0.933 bits per heavy atom. The van der Waals surface area contributed by atoms with Crippen LogP contribution in [0.15, 0.2) is 55.0 Å². The second-order valence-corrected chi connectivity index (χ2v) is 7.27. The molecule has 3 heterocycles. The minimum atomic E-state index is 0.0452. The van der Waals surface area contributed by atoms with Crippen LogP contribution in [0, 0.1) is 0 Å². The molecule has 1 fully saturated rings. The third kappa shape index (κ3) is 3.32. The second-order valence-electron chi connectivity index (χ2n) is 7.27. The molecule has 1 atom stereocenters. The van der Waals surface area contributed by atoms with Gasteiger partial charge in [-0.1, -0.05) is 24.3 Å². The van der Waals surface area contributed by atoms with Crippen molar-refractivity contribution in [1.82, 2.24) is 15.0 Å². The molecule has 152 valence electrons. The van der Waals surface area contributed by atoms with Crippen LogP contribution in [0.3, 0.4) is 0 Å². The molecule has 1 aliphatic heterocycles. The topological polar surface area (TPSA) is 69.6 Å². The molecule has 5 rings (SSSR count). The summed E-state index contributed by atoms with van der Waals surface area (Å²) in [6.45, 7) is 1.58. The predicted molar refractivity (Wildman–Crippen MR) is 116 cm³/mol. The normalized spacial score (nSPS) is 16.2. The highest BCUT2D eigenvalue weighted by atomic mass is 16.5. The van der Waals surface area contributed by atoms with Crippen molar-refractivity contribution in [3.05, 3.63) is 55.0 Å². The van der Waals surface area contributed by atoms with Gasteiger partial charge < -0.3 is 19.1 Å². The molecule has 7 heteroatoms. The van der Waals surface area contributed by atoms with Crippen molar-refractivity contribution in [2.24, 2.45) is 0 Å². The fourth-order valence-corrected chi connectivity index (χ4v) is 3.94.